The number of carbonyl (C=O) groups excluding carboxylic acids is 5. The summed E-state index contributed by atoms with van der Waals surface area (Å²) in [5, 5.41) is 2.92. The summed E-state index contributed by atoms with van der Waals surface area (Å²) in [5.74, 6) is -1.41. The van der Waals surface area contributed by atoms with Crippen LogP contribution in [0.4, 0.5) is 4.79 Å². The largest absolute Gasteiger partial charge is 0.466 e. The number of methoxy groups -OCH3 is 1. The molecule has 0 bridgehead atoms. The molecule has 0 aliphatic heterocycles. The Bertz CT molecular complexity index is 936. The van der Waals surface area contributed by atoms with Gasteiger partial charge in [-0.15, -0.1) is 0 Å². The number of hydrogen-bond acceptors (Lipinski definition) is 11. The average molecular weight is 642 g/mol. The Morgan fingerprint density at radius 3 is 1.73 bits per heavy atom. The van der Waals surface area contributed by atoms with Crippen LogP contribution in [0.2, 0.25) is 0 Å². The third kappa shape index (κ3) is 20.5. The maximum absolute atomic E-state index is 12.4. The Morgan fingerprint density at radius 1 is 0.689 bits per heavy atom. The van der Waals surface area contributed by atoms with E-state index in [1.165, 1.54) is 0 Å². The lowest BCUT2D eigenvalue weighted by atomic mass is 9.61. The number of ether oxygens (including phenoxy) is 6. The maximum atomic E-state index is 12.4. The monoisotopic (exact) mass is 641 g/mol. The first-order valence-corrected chi connectivity index (χ1v) is 16.1. The van der Waals surface area contributed by atoms with Crippen molar-refractivity contribution in [1.29, 1.82) is 0 Å². The van der Waals surface area contributed by atoms with Gasteiger partial charge in [0.05, 0.1) is 19.8 Å². The molecule has 0 saturated heterocycles. The van der Waals surface area contributed by atoms with Crippen molar-refractivity contribution >= 4 is 30.0 Å². The lowest BCUT2D eigenvalue weighted by Gasteiger charge is -2.46. The zero-order valence-electron chi connectivity index (χ0n) is 27.8. The number of nitrogens with one attached hydrogen (secondary N) is 1. The number of rotatable bonds is 23. The molecule has 1 fully saturated rings. The van der Waals surface area contributed by atoms with Gasteiger partial charge in [0.15, 0.2) is 0 Å². The molecule has 2 atom stereocenters. The molecule has 1 rings (SSSR count). The molecule has 0 spiro atoms. The molecule has 1 aliphatic carbocycles. The molecule has 12 nitrogen and oxygen atoms in total. The predicted molar refractivity (Wildman–Crippen MR) is 166 cm³/mol. The Hall–Kier alpha value is -3.15. The van der Waals surface area contributed by atoms with Crippen LogP contribution >= 0.6 is 0 Å². The fourth-order valence-corrected chi connectivity index (χ4v) is 5.74. The highest BCUT2D eigenvalue weighted by Crippen LogP contribution is 2.48. The van der Waals surface area contributed by atoms with Crippen molar-refractivity contribution in [1.82, 2.24) is 5.32 Å². The standard InChI is InChI=1S/C33H55NO11/c1-6-27(35)44-21-22-45-31(39)34-26-23-32(2,3)25-33(4,24-26)16-15-30(38)43-20-12-11-19-42-29(37)14-8-7-13-28(36)41-18-10-9-17-40-5/h6,26H,1,7-25H2,2-5H3,(H,34,39). The van der Waals surface area contributed by atoms with Gasteiger partial charge in [0.1, 0.15) is 13.2 Å². The highest BCUT2D eigenvalue weighted by atomic mass is 16.6. The molecular weight excluding hydrogens is 586 g/mol. The van der Waals surface area contributed by atoms with Crippen molar-refractivity contribution in [3.63, 3.8) is 0 Å². The van der Waals surface area contributed by atoms with Gasteiger partial charge in [-0.3, -0.25) is 14.4 Å². The summed E-state index contributed by atoms with van der Waals surface area (Å²) in [5.41, 5.74) is -0.210. The molecule has 12 heteroatoms. The Labute approximate surface area is 268 Å². The summed E-state index contributed by atoms with van der Waals surface area (Å²) in [6, 6.07) is -0.112. The summed E-state index contributed by atoms with van der Waals surface area (Å²) in [4.78, 5) is 59.3. The zero-order chi connectivity index (χ0) is 33.6. The van der Waals surface area contributed by atoms with E-state index in [-0.39, 0.29) is 80.5 Å². The number of unbranched alkanes of at least 4 members (excludes halogenated alkanes) is 3. The van der Waals surface area contributed by atoms with E-state index < -0.39 is 12.1 Å². The van der Waals surface area contributed by atoms with E-state index in [2.05, 4.69) is 32.7 Å². The molecule has 0 heterocycles. The third-order valence-electron chi connectivity index (χ3n) is 7.51. The zero-order valence-corrected chi connectivity index (χ0v) is 27.8. The fourth-order valence-electron chi connectivity index (χ4n) is 5.74. The topological polar surface area (TPSA) is 153 Å². The molecular formula is C33H55NO11. The molecule has 0 aromatic carbocycles. The number of hydrogen-bond donors (Lipinski definition) is 1. The van der Waals surface area contributed by atoms with Crippen LogP contribution in [-0.2, 0) is 47.6 Å². The normalized spacial score (nSPS) is 18.7. The van der Waals surface area contributed by atoms with Gasteiger partial charge in [-0.05, 0) is 75.0 Å². The van der Waals surface area contributed by atoms with Gasteiger partial charge in [-0.2, -0.15) is 0 Å². The molecule has 1 aliphatic rings. The molecule has 1 N–H and O–H groups in total. The number of alkyl carbamates (subject to hydrolysis) is 1. The fraction of sp³-hybridized carbons (Fsp3) is 0.788. The molecule has 0 radical (unpaired) electrons. The van der Waals surface area contributed by atoms with Crippen molar-refractivity contribution in [3.8, 4) is 0 Å². The molecule has 1 amide bonds. The number of carbonyl (C=O) groups is 5. The van der Waals surface area contributed by atoms with E-state index in [4.69, 9.17) is 28.4 Å². The second-order valence-corrected chi connectivity index (χ2v) is 12.7. The van der Waals surface area contributed by atoms with Crippen molar-refractivity contribution in [2.45, 2.75) is 110 Å². The lowest BCUT2D eigenvalue weighted by Crippen LogP contribution is -2.47. The van der Waals surface area contributed by atoms with Crippen molar-refractivity contribution in [3.05, 3.63) is 12.7 Å². The van der Waals surface area contributed by atoms with Crippen LogP contribution in [0.1, 0.15) is 104 Å². The van der Waals surface area contributed by atoms with Gasteiger partial charge < -0.3 is 33.7 Å². The van der Waals surface area contributed by atoms with E-state index in [0.29, 0.717) is 51.7 Å². The summed E-state index contributed by atoms with van der Waals surface area (Å²) in [6.07, 6.45) is 8.20. The first-order valence-electron chi connectivity index (χ1n) is 16.1. The smallest absolute Gasteiger partial charge is 0.407 e. The second-order valence-electron chi connectivity index (χ2n) is 12.7. The third-order valence-corrected chi connectivity index (χ3v) is 7.51. The minimum atomic E-state index is -0.575. The molecule has 45 heavy (non-hydrogen) atoms. The second kappa shape index (κ2) is 22.4. The van der Waals surface area contributed by atoms with E-state index in [9.17, 15) is 24.0 Å². The Kier molecular flexibility index (Phi) is 19.8. The van der Waals surface area contributed by atoms with Crippen LogP contribution in [0.5, 0.6) is 0 Å². The summed E-state index contributed by atoms with van der Waals surface area (Å²) < 4.78 is 30.6. The quantitative estimate of drug-likeness (QED) is 0.0678. The van der Waals surface area contributed by atoms with Gasteiger partial charge in [-0.1, -0.05) is 27.4 Å². The van der Waals surface area contributed by atoms with E-state index in [0.717, 1.165) is 31.8 Å². The minimum absolute atomic E-state index is 0.0400. The van der Waals surface area contributed by atoms with Crippen LogP contribution in [0.15, 0.2) is 12.7 Å². The van der Waals surface area contributed by atoms with Crippen molar-refractivity contribution in [2.75, 3.05) is 46.8 Å². The first kappa shape index (κ1) is 39.9. The van der Waals surface area contributed by atoms with Crippen molar-refractivity contribution < 1.29 is 52.4 Å². The van der Waals surface area contributed by atoms with Crippen LogP contribution in [0, 0.1) is 10.8 Å². The summed E-state index contributed by atoms with van der Waals surface area (Å²) >= 11 is 0. The van der Waals surface area contributed by atoms with Crippen LogP contribution in [-0.4, -0.2) is 82.8 Å². The predicted octanol–water partition coefficient (Wildman–Crippen LogP) is 5.20. The first-order chi connectivity index (χ1) is 21.4. The molecule has 258 valence electrons. The van der Waals surface area contributed by atoms with Crippen molar-refractivity contribution in [2.24, 2.45) is 10.8 Å². The highest BCUT2D eigenvalue weighted by Gasteiger charge is 2.42. The van der Waals surface area contributed by atoms with Gasteiger partial charge in [0, 0.05) is 45.1 Å². The summed E-state index contributed by atoms with van der Waals surface area (Å²) in [7, 11) is 1.63. The van der Waals surface area contributed by atoms with Gasteiger partial charge >= 0.3 is 30.0 Å². The minimum Gasteiger partial charge on any atom is -0.466 e. The molecule has 1 saturated carbocycles. The van der Waals surface area contributed by atoms with E-state index in [1.807, 2.05) is 0 Å². The van der Waals surface area contributed by atoms with E-state index in [1.54, 1.807) is 7.11 Å². The van der Waals surface area contributed by atoms with Gasteiger partial charge in [0.25, 0.3) is 0 Å². The molecule has 2 unspecified atom stereocenters. The summed E-state index contributed by atoms with van der Waals surface area (Å²) in [6.45, 7) is 11.2. The van der Waals surface area contributed by atoms with Crippen LogP contribution < -0.4 is 5.32 Å². The maximum Gasteiger partial charge on any atom is 0.407 e. The van der Waals surface area contributed by atoms with Crippen LogP contribution in [0.25, 0.3) is 0 Å². The van der Waals surface area contributed by atoms with Gasteiger partial charge in [-0.25, -0.2) is 9.59 Å². The average Bonchev–Trinajstić information content (AvgIpc) is 2.97. The number of esters is 4. The Balaban J connectivity index is 2.18. The Morgan fingerprint density at radius 2 is 1.20 bits per heavy atom. The molecule has 0 aromatic rings. The van der Waals surface area contributed by atoms with E-state index >= 15 is 0 Å². The SMILES string of the molecule is C=CC(=O)OCCOC(=O)NC1CC(C)(C)CC(C)(CCC(=O)OCCCCOC(=O)CCCCC(=O)OCCCCOC)C1. The highest BCUT2D eigenvalue weighted by molar-refractivity contribution is 5.81. The van der Waals surface area contributed by atoms with Gasteiger partial charge in [0.2, 0.25) is 0 Å². The number of amides is 1. The van der Waals surface area contributed by atoms with Crippen LogP contribution in [0.3, 0.4) is 0 Å². The lowest BCUT2D eigenvalue weighted by molar-refractivity contribution is -0.147. The molecule has 0 aromatic heterocycles.